The Hall–Kier alpha value is -3.08. The molecule has 2 heterocycles. The summed E-state index contributed by atoms with van der Waals surface area (Å²) in [5.41, 5.74) is 3.01. The quantitative estimate of drug-likeness (QED) is 0.179. The molecule has 1 amide bonds. The predicted octanol–water partition coefficient (Wildman–Crippen LogP) is 7.41. The van der Waals surface area contributed by atoms with E-state index in [0.29, 0.717) is 70.3 Å². The number of halogens is 4. The van der Waals surface area contributed by atoms with Crippen LogP contribution in [0.5, 0.6) is 11.5 Å². The fourth-order valence-corrected chi connectivity index (χ4v) is 7.17. The summed E-state index contributed by atoms with van der Waals surface area (Å²) in [7, 11) is 1.55. The van der Waals surface area contributed by atoms with E-state index < -0.39 is 6.04 Å². The van der Waals surface area contributed by atoms with Crippen LogP contribution in [-0.4, -0.2) is 35.6 Å². The lowest BCUT2D eigenvalue weighted by Crippen LogP contribution is -2.43. The van der Waals surface area contributed by atoms with E-state index in [1.54, 1.807) is 65.1 Å². The number of methoxy groups -OCH3 is 1. The number of aromatic nitrogens is 1. The number of hydrogen-bond donors (Lipinski definition) is 0. The van der Waals surface area contributed by atoms with Gasteiger partial charge in [0.05, 0.1) is 29.0 Å². The second kappa shape index (κ2) is 14.1. The fraction of sp³-hybridized carbons (Fsp3) is 0.242. The van der Waals surface area contributed by atoms with Crippen LogP contribution in [0.2, 0.25) is 15.1 Å². The maximum Gasteiger partial charge on any atom is 0.271 e. The lowest BCUT2D eigenvalue weighted by atomic mass is 9.94. The predicted molar refractivity (Wildman–Crippen MR) is 185 cm³/mol. The summed E-state index contributed by atoms with van der Waals surface area (Å²) >= 11 is 23.4. The van der Waals surface area contributed by atoms with Gasteiger partial charge in [0.2, 0.25) is 0 Å². The molecule has 0 N–H and O–H groups in total. The van der Waals surface area contributed by atoms with E-state index in [1.807, 2.05) is 32.9 Å². The number of rotatable bonds is 9. The van der Waals surface area contributed by atoms with Crippen LogP contribution in [0.3, 0.4) is 0 Å². The zero-order chi connectivity index (χ0) is 32.4. The average Bonchev–Trinajstić information content (AvgIpc) is 3.31. The SMILES string of the molecule is CCN(CC)C(=O)C1=C(C)N=c2s/c(=C/c3cc(OC)c(OCc4ccc(Cl)cc4Cl)cc3Br)c(=O)n2[C@H]1c1ccc(Cl)cc1. The Balaban J connectivity index is 1.58. The second-order valence-corrected chi connectivity index (χ2v) is 13.3. The average molecular weight is 750 g/mol. The third kappa shape index (κ3) is 6.88. The molecule has 1 atom stereocenters. The molecular weight excluding hydrogens is 721 g/mol. The normalized spacial score (nSPS) is 14.7. The van der Waals surface area contributed by atoms with E-state index in [4.69, 9.17) is 49.3 Å². The van der Waals surface area contributed by atoms with E-state index in [1.165, 1.54) is 11.3 Å². The Labute approximate surface area is 288 Å². The Morgan fingerprint density at radius 2 is 1.73 bits per heavy atom. The van der Waals surface area contributed by atoms with Gasteiger partial charge in [-0.3, -0.25) is 14.2 Å². The lowest BCUT2D eigenvalue weighted by molar-refractivity contribution is -0.127. The first kappa shape index (κ1) is 33.3. The molecule has 1 aliphatic heterocycles. The van der Waals surface area contributed by atoms with Crippen molar-refractivity contribution in [3.8, 4) is 11.5 Å². The number of amides is 1. The molecule has 0 spiro atoms. The number of benzene rings is 3. The topological polar surface area (TPSA) is 73.1 Å². The maximum atomic E-state index is 14.1. The number of hydrogen-bond acceptors (Lipinski definition) is 6. The first-order chi connectivity index (χ1) is 21.6. The van der Waals surface area contributed by atoms with Crippen LogP contribution in [-0.2, 0) is 11.4 Å². The Kier molecular flexibility index (Phi) is 10.5. The van der Waals surface area contributed by atoms with E-state index >= 15 is 0 Å². The number of likely N-dealkylation sites (N-methyl/N-ethyl adjacent to an activating group) is 1. The van der Waals surface area contributed by atoms with Crippen molar-refractivity contribution in [2.24, 2.45) is 4.99 Å². The van der Waals surface area contributed by atoms with Crippen LogP contribution < -0.4 is 24.4 Å². The molecule has 1 aromatic heterocycles. The number of carbonyl (C=O) groups excluding carboxylic acids is 1. The maximum absolute atomic E-state index is 14.1. The molecule has 12 heteroatoms. The standard InChI is InChI=1S/C33H29BrCl3N3O4S/c1-5-39(6-2)32(42)29-18(3)38-33-40(30(29)19-7-10-22(35)11-8-19)31(41)28(45-33)14-21-13-26(43-4)27(16-24(21)34)44-17-20-9-12-23(36)15-25(20)37/h7-16,30H,5-6,17H2,1-4H3/b28-14+/t30-/m0/s1. The molecule has 4 aromatic rings. The molecule has 0 saturated carbocycles. The minimum absolute atomic E-state index is 0.154. The number of carbonyl (C=O) groups is 1. The minimum atomic E-state index is -0.665. The van der Waals surface area contributed by atoms with Crippen molar-refractivity contribution in [2.45, 2.75) is 33.4 Å². The highest BCUT2D eigenvalue weighted by atomic mass is 79.9. The summed E-state index contributed by atoms with van der Waals surface area (Å²) in [6, 6.07) is 15.3. The van der Waals surface area contributed by atoms with Gasteiger partial charge >= 0.3 is 0 Å². The van der Waals surface area contributed by atoms with E-state index in [9.17, 15) is 9.59 Å². The van der Waals surface area contributed by atoms with Crippen molar-refractivity contribution in [3.05, 3.63) is 122 Å². The van der Waals surface area contributed by atoms with Crippen molar-refractivity contribution in [3.63, 3.8) is 0 Å². The highest BCUT2D eigenvalue weighted by Crippen LogP contribution is 2.36. The van der Waals surface area contributed by atoms with Gasteiger partial charge < -0.3 is 14.4 Å². The molecule has 45 heavy (non-hydrogen) atoms. The minimum Gasteiger partial charge on any atom is -0.493 e. The molecule has 1 aliphatic rings. The number of thiazole rings is 1. The summed E-state index contributed by atoms with van der Waals surface area (Å²) < 4.78 is 14.4. The van der Waals surface area contributed by atoms with Gasteiger partial charge in [0.25, 0.3) is 11.5 Å². The summed E-state index contributed by atoms with van der Waals surface area (Å²) in [6.45, 7) is 6.94. The number of allylic oxidation sites excluding steroid dienone is 1. The van der Waals surface area contributed by atoms with Gasteiger partial charge in [-0.25, -0.2) is 4.99 Å². The smallest absolute Gasteiger partial charge is 0.271 e. The van der Waals surface area contributed by atoms with Gasteiger partial charge in [-0.1, -0.05) is 80.3 Å². The Morgan fingerprint density at radius 1 is 1.04 bits per heavy atom. The van der Waals surface area contributed by atoms with Gasteiger partial charge in [-0.05, 0) is 74.4 Å². The molecule has 234 valence electrons. The number of ether oxygens (including phenoxy) is 2. The zero-order valence-electron chi connectivity index (χ0n) is 24.9. The van der Waals surface area contributed by atoms with Gasteiger partial charge in [-0.15, -0.1) is 0 Å². The first-order valence-corrected chi connectivity index (χ1v) is 16.8. The van der Waals surface area contributed by atoms with Crippen LogP contribution in [0, 0.1) is 0 Å². The fourth-order valence-electron chi connectivity index (χ4n) is 5.11. The van der Waals surface area contributed by atoms with Gasteiger partial charge in [0.15, 0.2) is 16.3 Å². The number of fused-ring (bicyclic) bond motifs is 1. The van der Waals surface area contributed by atoms with Crippen molar-refractivity contribution in [1.82, 2.24) is 9.47 Å². The molecule has 0 unspecified atom stereocenters. The van der Waals surface area contributed by atoms with Crippen molar-refractivity contribution >= 4 is 74.1 Å². The summed E-state index contributed by atoms with van der Waals surface area (Å²) in [5.74, 6) is 0.815. The van der Waals surface area contributed by atoms with E-state index in [0.717, 1.165) is 11.1 Å². The first-order valence-electron chi connectivity index (χ1n) is 14.1. The molecular formula is C33H29BrCl3N3O4S. The van der Waals surface area contributed by atoms with Gasteiger partial charge in [0.1, 0.15) is 6.61 Å². The highest BCUT2D eigenvalue weighted by Gasteiger charge is 2.34. The Morgan fingerprint density at radius 3 is 2.38 bits per heavy atom. The summed E-state index contributed by atoms with van der Waals surface area (Å²) in [5, 5.41) is 1.60. The molecule has 3 aromatic carbocycles. The van der Waals surface area contributed by atoms with Crippen LogP contribution in [0.4, 0.5) is 0 Å². The van der Waals surface area contributed by atoms with Crippen LogP contribution in [0.25, 0.3) is 6.08 Å². The number of nitrogens with zero attached hydrogens (tertiary/aromatic N) is 3. The van der Waals surface area contributed by atoms with Crippen molar-refractivity contribution < 1.29 is 14.3 Å². The molecule has 0 saturated heterocycles. The molecule has 7 nitrogen and oxygen atoms in total. The van der Waals surface area contributed by atoms with Crippen LogP contribution in [0.1, 0.15) is 43.5 Å². The summed E-state index contributed by atoms with van der Waals surface area (Å²) in [4.78, 5) is 34.9. The zero-order valence-corrected chi connectivity index (χ0v) is 29.5. The lowest BCUT2D eigenvalue weighted by Gasteiger charge is -2.29. The summed E-state index contributed by atoms with van der Waals surface area (Å²) in [6.07, 6.45) is 1.78. The Bertz CT molecular complexity index is 1990. The molecule has 0 bridgehead atoms. The van der Waals surface area contributed by atoms with Gasteiger partial charge in [-0.2, -0.15) is 0 Å². The van der Waals surface area contributed by atoms with Crippen LogP contribution >= 0.6 is 62.1 Å². The molecule has 5 rings (SSSR count). The van der Waals surface area contributed by atoms with Crippen molar-refractivity contribution in [2.75, 3.05) is 20.2 Å². The third-order valence-electron chi connectivity index (χ3n) is 7.46. The molecule has 0 aliphatic carbocycles. The largest absolute Gasteiger partial charge is 0.493 e. The monoisotopic (exact) mass is 747 g/mol. The van der Waals surface area contributed by atoms with Crippen LogP contribution in [0.15, 0.2) is 80.1 Å². The second-order valence-electron chi connectivity index (χ2n) is 10.2. The van der Waals surface area contributed by atoms with E-state index in [-0.39, 0.29) is 18.1 Å². The molecule has 0 fully saturated rings. The molecule has 0 radical (unpaired) electrons. The van der Waals surface area contributed by atoms with E-state index in [2.05, 4.69) is 15.9 Å². The third-order valence-corrected chi connectivity index (χ3v) is 9.96. The van der Waals surface area contributed by atoms with Crippen molar-refractivity contribution in [1.29, 1.82) is 0 Å². The highest BCUT2D eigenvalue weighted by molar-refractivity contribution is 9.10. The van der Waals surface area contributed by atoms with Gasteiger partial charge in [0, 0.05) is 38.2 Å².